The predicted molar refractivity (Wildman–Crippen MR) is 91.5 cm³/mol. The third kappa shape index (κ3) is 2.97. The van der Waals surface area contributed by atoms with Crippen LogP contribution in [0.2, 0.25) is 0 Å². The first-order valence-corrected chi connectivity index (χ1v) is 8.84. The van der Waals surface area contributed by atoms with Crippen LogP contribution in [0.25, 0.3) is 0 Å². The van der Waals surface area contributed by atoms with Gasteiger partial charge in [0.1, 0.15) is 11.6 Å². The molecule has 25 heavy (non-hydrogen) atoms. The van der Waals surface area contributed by atoms with Gasteiger partial charge in [0, 0.05) is 49.9 Å². The quantitative estimate of drug-likeness (QED) is 0.844. The molecule has 2 fully saturated rings. The molecule has 0 aromatic carbocycles. The van der Waals surface area contributed by atoms with E-state index in [9.17, 15) is 4.79 Å². The molecule has 0 saturated carbocycles. The molecule has 1 spiro atoms. The van der Waals surface area contributed by atoms with Gasteiger partial charge in [0.05, 0.1) is 18.8 Å². The SMILES string of the molecule is Cc1noc(C)c1CN1C[C@@]2(CCN(Cc3nccn3C)C2)CC1=O. The van der Waals surface area contributed by atoms with Crippen LogP contribution in [-0.4, -0.2) is 50.0 Å². The number of nitrogens with zero attached hydrogens (tertiary/aromatic N) is 5. The maximum absolute atomic E-state index is 12.6. The van der Waals surface area contributed by atoms with Crippen LogP contribution in [0.3, 0.4) is 0 Å². The Morgan fingerprint density at radius 2 is 2.12 bits per heavy atom. The number of imidazole rings is 1. The molecule has 0 aliphatic carbocycles. The van der Waals surface area contributed by atoms with Gasteiger partial charge in [-0.25, -0.2) is 4.98 Å². The fourth-order valence-electron chi connectivity index (χ4n) is 4.23. The van der Waals surface area contributed by atoms with Crippen LogP contribution in [0.15, 0.2) is 16.9 Å². The van der Waals surface area contributed by atoms with E-state index in [2.05, 4.69) is 19.6 Å². The van der Waals surface area contributed by atoms with Crippen LogP contribution in [0.4, 0.5) is 0 Å². The van der Waals surface area contributed by atoms with Crippen LogP contribution in [-0.2, 0) is 24.9 Å². The molecule has 4 rings (SSSR count). The van der Waals surface area contributed by atoms with Gasteiger partial charge in [0.15, 0.2) is 0 Å². The van der Waals surface area contributed by atoms with Gasteiger partial charge >= 0.3 is 0 Å². The molecular weight excluding hydrogens is 318 g/mol. The van der Waals surface area contributed by atoms with Gasteiger partial charge in [0.2, 0.25) is 5.91 Å². The number of carbonyl (C=O) groups excluding carboxylic acids is 1. The fraction of sp³-hybridized carbons (Fsp3) is 0.611. The van der Waals surface area contributed by atoms with E-state index in [1.807, 2.05) is 38.2 Å². The van der Waals surface area contributed by atoms with Crippen molar-refractivity contribution < 1.29 is 9.32 Å². The van der Waals surface area contributed by atoms with Crippen molar-refractivity contribution in [1.82, 2.24) is 24.5 Å². The topological polar surface area (TPSA) is 67.4 Å². The maximum Gasteiger partial charge on any atom is 0.223 e. The zero-order valence-corrected chi connectivity index (χ0v) is 15.2. The lowest BCUT2D eigenvalue weighted by Gasteiger charge is -2.24. The molecule has 0 unspecified atom stereocenters. The molecule has 2 aromatic heterocycles. The summed E-state index contributed by atoms with van der Waals surface area (Å²) in [5.41, 5.74) is 2.02. The van der Waals surface area contributed by atoms with Crippen molar-refractivity contribution in [3.05, 3.63) is 35.2 Å². The largest absolute Gasteiger partial charge is 0.361 e. The molecule has 1 amide bonds. The standard InChI is InChI=1S/C18H25N5O2/c1-13-15(14(2)25-20-13)9-23-12-18(8-17(23)24)4-6-22(11-18)10-16-19-5-7-21(16)3/h5,7H,4,6,8-12H2,1-3H3/t18-/m0/s1. The Bertz CT molecular complexity index is 776. The number of likely N-dealkylation sites (tertiary alicyclic amines) is 2. The smallest absolute Gasteiger partial charge is 0.223 e. The lowest BCUT2D eigenvalue weighted by atomic mass is 9.86. The number of amides is 1. The molecule has 7 nitrogen and oxygen atoms in total. The first-order valence-electron chi connectivity index (χ1n) is 8.84. The molecule has 2 aliphatic heterocycles. The van der Waals surface area contributed by atoms with Gasteiger partial charge < -0.3 is 14.0 Å². The van der Waals surface area contributed by atoms with Crippen molar-refractivity contribution in [2.45, 2.75) is 39.8 Å². The highest BCUT2D eigenvalue weighted by molar-refractivity contribution is 5.79. The van der Waals surface area contributed by atoms with Gasteiger partial charge in [-0.2, -0.15) is 0 Å². The summed E-state index contributed by atoms with van der Waals surface area (Å²) in [6, 6.07) is 0. The molecule has 0 radical (unpaired) electrons. The Kier molecular flexibility index (Phi) is 3.91. The summed E-state index contributed by atoms with van der Waals surface area (Å²) in [5.74, 6) is 2.14. The minimum Gasteiger partial charge on any atom is -0.361 e. The zero-order valence-electron chi connectivity index (χ0n) is 15.2. The highest BCUT2D eigenvalue weighted by Gasteiger charge is 2.47. The van der Waals surface area contributed by atoms with Crippen molar-refractivity contribution in [3.8, 4) is 0 Å². The Hall–Kier alpha value is -2.15. The van der Waals surface area contributed by atoms with E-state index >= 15 is 0 Å². The minimum atomic E-state index is 0.0845. The maximum atomic E-state index is 12.6. The molecule has 4 heterocycles. The van der Waals surface area contributed by atoms with Gasteiger partial charge in [-0.3, -0.25) is 9.69 Å². The third-order valence-corrected chi connectivity index (χ3v) is 5.74. The Morgan fingerprint density at radius 1 is 1.28 bits per heavy atom. The van der Waals surface area contributed by atoms with E-state index in [1.54, 1.807) is 0 Å². The van der Waals surface area contributed by atoms with Crippen LogP contribution in [0, 0.1) is 19.3 Å². The number of rotatable bonds is 4. The monoisotopic (exact) mass is 343 g/mol. The first kappa shape index (κ1) is 16.3. The number of hydrogen-bond acceptors (Lipinski definition) is 5. The molecular formula is C18H25N5O2. The summed E-state index contributed by atoms with van der Waals surface area (Å²) in [5, 5.41) is 4.00. The molecule has 0 bridgehead atoms. The molecule has 134 valence electrons. The van der Waals surface area contributed by atoms with E-state index in [1.165, 1.54) is 0 Å². The zero-order chi connectivity index (χ0) is 17.6. The molecule has 2 aliphatic rings. The summed E-state index contributed by atoms with van der Waals surface area (Å²) >= 11 is 0. The average Bonchev–Trinajstić information content (AvgIpc) is 3.30. The average molecular weight is 343 g/mol. The van der Waals surface area contributed by atoms with Crippen LogP contribution < -0.4 is 0 Å². The number of aryl methyl sites for hydroxylation is 3. The molecule has 2 saturated heterocycles. The highest BCUT2D eigenvalue weighted by atomic mass is 16.5. The molecule has 2 aromatic rings. The van der Waals surface area contributed by atoms with E-state index < -0.39 is 0 Å². The second-order valence-electron chi connectivity index (χ2n) is 7.64. The molecule has 7 heteroatoms. The number of hydrogen-bond donors (Lipinski definition) is 0. The summed E-state index contributed by atoms with van der Waals surface area (Å²) in [6.45, 7) is 8.13. The summed E-state index contributed by atoms with van der Waals surface area (Å²) in [6.07, 6.45) is 5.53. The van der Waals surface area contributed by atoms with Gasteiger partial charge in [-0.05, 0) is 26.8 Å². The lowest BCUT2D eigenvalue weighted by molar-refractivity contribution is -0.128. The van der Waals surface area contributed by atoms with Crippen molar-refractivity contribution in [1.29, 1.82) is 0 Å². The summed E-state index contributed by atoms with van der Waals surface area (Å²) in [4.78, 5) is 21.4. The van der Waals surface area contributed by atoms with Gasteiger partial charge in [-0.15, -0.1) is 0 Å². The van der Waals surface area contributed by atoms with Crippen LogP contribution >= 0.6 is 0 Å². The fourth-order valence-corrected chi connectivity index (χ4v) is 4.23. The normalized spacial score (nSPS) is 24.1. The Labute approximate surface area is 147 Å². The Morgan fingerprint density at radius 3 is 2.80 bits per heavy atom. The summed E-state index contributed by atoms with van der Waals surface area (Å²) < 4.78 is 7.30. The van der Waals surface area contributed by atoms with Gasteiger partial charge in [-0.1, -0.05) is 5.16 Å². The Balaban J connectivity index is 1.42. The van der Waals surface area contributed by atoms with Crippen molar-refractivity contribution >= 4 is 5.91 Å². The van der Waals surface area contributed by atoms with Crippen molar-refractivity contribution in [2.75, 3.05) is 19.6 Å². The minimum absolute atomic E-state index is 0.0845. The third-order valence-electron chi connectivity index (χ3n) is 5.74. The lowest BCUT2D eigenvalue weighted by Crippen LogP contribution is -2.31. The highest BCUT2D eigenvalue weighted by Crippen LogP contribution is 2.41. The molecule has 1 atom stereocenters. The van der Waals surface area contributed by atoms with Gasteiger partial charge in [0.25, 0.3) is 0 Å². The van der Waals surface area contributed by atoms with E-state index in [0.29, 0.717) is 13.0 Å². The number of aromatic nitrogens is 3. The second kappa shape index (κ2) is 5.98. The number of carbonyl (C=O) groups is 1. The predicted octanol–water partition coefficient (Wildman–Crippen LogP) is 1.65. The second-order valence-corrected chi connectivity index (χ2v) is 7.64. The summed E-state index contributed by atoms with van der Waals surface area (Å²) in [7, 11) is 2.03. The van der Waals surface area contributed by atoms with E-state index in [0.717, 1.165) is 55.4 Å². The van der Waals surface area contributed by atoms with E-state index in [-0.39, 0.29) is 11.3 Å². The molecule has 0 N–H and O–H groups in total. The first-order chi connectivity index (χ1) is 12.0. The van der Waals surface area contributed by atoms with Crippen LogP contribution in [0.1, 0.15) is 35.7 Å². The van der Waals surface area contributed by atoms with Crippen LogP contribution in [0.5, 0.6) is 0 Å². The van der Waals surface area contributed by atoms with Crippen molar-refractivity contribution in [3.63, 3.8) is 0 Å². The van der Waals surface area contributed by atoms with E-state index in [4.69, 9.17) is 4.52 Å². The van der Waals surface area contributed by atoms with Crippen molar-refractivity contribution in [2.24, 2.45) is 12.5 Å².